The van der Waals surface area contributed by atoms with Crippen molar-refractivity contribution in [3.8, 4) is 0 Å². The molecule has 0 unspecified atom stereocenters. The van der Waals surface area contributed by atoms with Crippen molar-refractivity contribution >= 4 is 29.1 Å². The molecule has 0 bridgehead atoms. The van der Waals surface area contributed by atoms with Gasteiger partial charge < -0.3 is 4.90 Å². The molecule has 2 nitrogen and oxygen atoms in total. The Balaban J connectivity index is 2.14. The molecule has 0 aliphatic heterocycles. The molecule has 0 aromatic heterocycles. The molecule has 0 heterocycles. The van der Waals surface area contributed by atoms with Gasteiger partial charge in [0.1, 0.15) is 5.82 Å². The summed E-state index contributed by atoms with van der Waals surface area (Å²) in [5.74, 6) is -0.396. The average molecular weight is 354 g/mol. The highest BCUT2D eigenvalue weighted by Crippen LogP contribution is 2.24. The van der Waals surface area contributed by atoms with E-state index in [4.69, 9.17) is 23.2 Å². The van der Waals surface area contributed by atoms with Crippen LogP contribution in [0.2, 0.25) is 10.0 Å². The van der Waals surface area contributed by atoms with E-state index in [0.717, 1.165) is 5.56 Å². The number of nitrogens with zero attached hydrogens (tertiary/aromatic N) is 1. The molecule has 0 radical (unpaired) electrons. The second-order valence-electron chi connectivity index (χ2n) is 5.67. The highest BCUT2D eigenvalue weighted by Gasteiger charge is 2.18. The Hall–Kier alpha value is -1.58. The first-order chi connectivity index (χ1) is 10.9. The molecule has 1 amide bonds. The van der Waals surface area contributed by atoms with Crippen LogP contribution in [0, 0.1) is 5.82 Å². The predicted octanol–water partition coefficient (Wildman–Crippen LogP) is 5.11. The molecule has 0 saturated heterocycles. The molecule has 0 fully saturated rings. The Morgan fingerprint density at radius 3 is 2.43 bits per heavy atom. The van der Waals surface area contributed by atoms with Crippen LogP contribution < -0.4 is 0 Å². The van der Waals surface area contributed by atoms with Crippen LogP contribution in [0.25, 0.3) is 0 Å². The average Bonchev–Trinajstić information content (AvgIpc) is 2.48. The van der Waals surface area contributed by atoms with Crippen molar-refractivity contribution in [2.45, 2.75) is 32.9 Å². The molecule has 0 spiro atoms. The zero-order valence-electron chi connectivity index (χ0n) is 13.0. The van der Waals surface area contributed by atoms with E-state index < -0.39 is 0 Å². The summed E-state index contributed by atoms with van der Waals surface area (Å²) in [5, 5.41) is 0.947. The van der Waals surface area contributed by atoms with Crippen LogP contribution in [0.5, 0.6) is 0 Å². The highest BCUT2D eigenvalue weighted by molar-refractivity contribution is 6.42. The maximum Gasteiger partial charge on any atom is 0.227 e. The van der Waals surface area contributed by atoms with Crippen LogP contribution >= 0.6 is 23.2 Å². The van der Waals surface area contributed by atoms with E-state index in [2.05, 4.69) is 0 Å². The first-order valence-corrected chi connectivity index (χ1v) is 8.10. The molecule has 2 rings (SSSR count). The zero-order chi connectivity index (χ0) is 17.0. The van der Waals surface area contributed by atoms with Gasteiger partial charge in [-0.1, -0.05) is 41.4 Å². The van der Waals surface area contributed by atoms with Crippen molar-refractivity contribution < 1.29 is 9.18 Å². The van der Waals surface area contributed by atoms with Gasteiger partial charge in [-0.05, 0) is 49.2 Å². The standard InChI is InChI=1S/C18H18Cl2FNO/c1-12(2)22(11-14-6-7-16(19)17(20)9-14)18(23)10-13-4-3-5-15(21)8-13/h3-9,12H,10-11H2,1-2H3. The Kier molecular flexibility index (Phi) is 6.03. The minimum absolute atomic E-state index is 0.0190. The number of carbonyl (C=O) groups is 1. The van der Waals surface area contributed by atoms with E-state index in [9.17, 15) is 9.18 Å². The van der Waals surface area contributed by atoms with Gasteiger partial charge in [-0.25, -0.2) is 4.39 Å². The van der Waals surface area contributed by atoms with Gasteiger partial charge in [0.25, 0.3) is 0 Å². The lowest BCUT2D eigenvalue weighted by Crippen LogP contribution is -2.37. The van der Waals surface area contributed by atoms with Gasteiger partial charge in [-0.2, -0.15) is 0 Å². The highest BCUT2D eigenvalue weighted by atomic mass is 35.5. The number of amides is 1. The minimum Gasteiger partial charge on any atom is -0.336 e. The van der Waals surface area contributed by atoms with Crippen molar-refractivity contribution in [1.29, 1.82) is 0 Å². The minimum atomic E-state index is -0.337. The van der Waals surface area contributed by atoms with Crippen molar-refractivity contribution in [1.82, 2.24) is 4.90 Å². The van der Waals surface area contributed by atoms with Crippen LogP contribution in [-0.2, 0) is 17.8 Å². The molecular formula is C18H18Cl2FNO. The van der Waals surface area contributed by atoms with E-state index in [1.165, 1.54) is 12.1 Å². The lowest BCUT2D eigenvalue weighted by atomic mass is 10.1. The van der Waals surface area contributed by atoms with Gasteiger partial charge in [0.2, 0.25) is 5.91 Å². The number of carbonyl (C=O) groups excluding carboxylic acids is 1. The SMILES string of the molecule is CC(C)N(Cc1ccc(Cl)c(Cl)c1)C(=O)Cc1cccc(F)c1. The first kappa shape index (κ1) is 17.8. The van der Waals surface area contributed by atoms with Crippen molar-refractivity contribution in [3.05, 3.63) is 69.5 Å². The van der Waals surface area contributed by atoms with Crippen molar-refractivity contribution in [2.75, 3.05) is 0 Å². The molecule has 0 aliphatic rings. The third-order valence-corrected chi connectivity index (χ3v) is 4.26. The molecule has 2 aromatic rings. The maximum atomic E-state index is 13.3. The second-order valence-corrected chi connectivity index (χ2v) is 6.48. The predicted molar refractivity (Wildman–Crippen MR) is 92.3 cm³/mol. The van der Waals surface area contributed by atoms with Crippen LogP contribution in [-0.4, -0.2) is 16.8 Å². The Morgan fingerprint density at radius 1 is 1.09 bits per heavy atom. The third-order valence-electron chi connectivity index (χ3n) is 3.53. The summed E-state index contributed by atoms with van der Waals surface area (Å²) in [4.78, 5) is 14.3. The molecule has 23 heavy (non-hydrogen) atoms. The van der Waals surface area contributed by atoms with E-state index in [-0.39, 0.29) is 24.2 Å². The third kappa shape index (κ3) is 4.95. The monoisotopic (exact) mass is 353 g/mol. The van der Waals surface area contributed by atoms with E-state index in [1.54, 1.807) is 29.2 Å². The van der Waals surface area contributed by atoms with Gasteiger partial charge in [-0.3, -0.25) is 4.79 Å². The molecule has 5 heteroatoms. The summed E-state index contributed by atoms with van der Waals surface area (Å²) in [7, 11) is 0. The maximum absolute atomic E-state index is 13.3. The lowest BCUT2D eigenvalue weighted by molar-refractivity contribution is -0.132. The molecule has 0 atom stereocenters. The fourth-order valence-electron chi connectivity index (χ4n) is 2.32. The van der Waals surface area contributed by atoms with Crippen molar-refractivity contribution in [3.63, 3.8) is 0 Å². The number of rotatable bonds is 5. The Morgan fingerprint density at radius 2 is 1.83 bits per heavy atom. The lowest BCUT2D eigenvalue weighted by Gasteiger charge is -2.27. The molecule has 122 valence electrons. The molecule has 0 saturated carbocycles. The van der Waals surface area contributed by atoms with E-state index in [0.29, 0.717) is 22.2 Å². The Bertz CT molecular complexity index is 703. The number of hydrogen-bond acceptors (Lipinski definition) is 1. The normalized spacial score (nSPS) is 10.9. The summed E-state index contributed by atoms with van der Waals surface area (Å²) in [6, 6.07) is 11.4. The molecular weight excluding hydrogens is 336 g/mol. The van der Waals surface area contributed by atoms with Crippen LogP contribution in [0.15, 0.2) is 42.5 Å². The van der Waals surface area contributed by atoms with Gasteiger partial charge in [0, 0.05) is 12.6 Å². The summed E-state index contributed by atoms with van der Waals surface area (Å²) in [6.07, 6.45) is 0.164. The smallest absolute Gasteiger partial charge is 0.227 e. The number of benzene rings is 2. The fourth-order valence-corrected chi connectivity index (χ4v) is 2.64. The van der Waals surface area contributed by atoms with Crippen LogP contribution in [0.4, 0.5) is 4.39 Å². The Labute approximate surface area is 145 Å². The van der Waals surface area contributed by atoms with Gasteiger partial charge in [-0.15, -0.1) is 0 Å². The molecule has 0 N–H and O–H groups in total. The quantitative estimate of drug-likeness (QED) is 0.731. The van der Waals surface area contributed by atoms with Crippen molar-refractivity contribution in [2.24, 2.45) is 0 Å². The summed E-state index contributed by atoms with van der Waals surface area (Å²) < 4.78 is 13.3. The largest absolute Gasteiger partial charge is 0.336 e. The molecule has 0 aliphatic carbocycles. The van der Waals surface area contributed by atoms with E-state index in [1.807, 2.05) is 19.9 Å². The van der Waals surface area contributed by atoms with Gasteiger partial charge in [0.05, 0.1) is 16.5 Å². The zero-order valence-corrected chi connectivity index (χ0v) is 14.5. The topological polar surface area (TPSA) is 20.3 Å². The molecule has 2 aromatic carbocycles. The number of hydrogen-bond donors (Lipinski definition) is 0. The van der Waals surface area contributed by atoms with Crippen LogP contribution in [0.1, 0.15) is 25.0 Å². The second kappa shape index (κ2) is 7.80. The van der Waals surface area contributed by atoms with Gasteiger partial charge in [0.15, 0.2) is 0 Å². The summed E-state index contributed by atoms with van der Waals surface area (Å²) in [5.41, 5.74) is 1.57. The summed E-state index contributed by atoms with van der Waals surface area (Å²) >= 11 is 11.9. The first-order valence-electron chi connectivity index (χ1n) is 7.34. The van der Waals surface area contributed by atoms with E-state index >= 15 is 0 Å². The number of halogens is 3. The fraction of sp³-hybridized carbons (Fsp3) is 0.278. The van der Waals surface area contributed by atoms with Crippen LogP contribution in [0.3, 0.4) is 0 Å². The van der Waals surface area contributed by atoms with Gasteiger partial charge >= 0.3 is 0 Å². The summed E-state index contributed by atoms with van der Waals surface area (Å²) in [6.45, 7) is 4.32.